The first-order valence-electron chi connectivity index (χ1n) is 8.93. The molecule has 0 aliphatic heterocycles. The molecule has 0 aliphatic carbocycles. The maximum Gasteiger partial charge on any atom is 0.251 e. The molecule has 138 valence electrons. The number of hydrogen-bond donors (Lipinski definition) is 1. The van der Waals surface area contributed by atoms with Gasteiger partial charge in [-0.2, -0.15) is 0 Å². The molecule has 0 saturated carbocycles. The second-order valence-electron chi connectivity index (χ2n) is 6.54. The van der Waals surface area contributed by atoms with Gasteiger partial charge >= 0.3 is 0 Å². The van der Waals surface area contributed by atoms with Gasteiger partial charge in [0.15, 0.2) is 0 Å². The van der Waals surface area contributed by atoms with Crippen molar-refractivity contribution in [1.29, 1.82) is 0 Å². The SMILES string of the molecule is CN(C)c1ccc(CNC(=O)c2ccc(OCc3ccccc3)cc2)cc1. The van der Waals surface area contributed by atoms with E-state index in [1.165, 1.54) is 0 Å². The van der Waals surface area contributed by atoms with Gasteiger partial charge in [0.1, 0.15) is 12.4 Å². The van der Waals surface area contributed by atoms with Crippen LogP contribution in [0.25, 0.3) is 0 Å². The van der Waals surface area contributed by atoms with Crippen molar-refractivity contribution in [2.45, 2.75) is 13.2 Å². The lowest BCUT2D eigenvalue weighted by atomic mass is 10.1. The van der Waals surface area contributed by atoms with E-state index >= 15 is 0 Å². The van der Waals surface area contributed by atoms with E-state index in [-0.39, 0.29) is 5.91 Å². The summed E-state index contributed by atoms with van der Waals surface area (Å²) in [4.78, 5) is 14.4. The number of amides is 1. The van der Waals surface area contributed by atoms with Crippen LogP contribution in [-0.2, 0) is 13.2 Å². The van der Waals surface area contributed by atoms with Crippen LogP contribution < -0.4 is 15.0 Å². The Labute approximate surface area is 160 Å². The second kappa shape index (κ2) is 8.90. The molecule has 27 heavy (non-hydrogen) atoms. The van der Waals surface area contributed by atoms with Crippen molar-refractivity contribution in [3.63, 3.8) is 0 Å². The fraction of sp³-hybridized carbons (Fsp3) is 0.174. The van der Waals surface area contributed by atoms with Gasteiger partial charge in [-0.1, -0.05) is 42.5 Å². The van der Waals surface area contributed by atoms with E-state index in [2.05, 4.69) is 5.32 Å². The summed E-state index contributed by atoms with van der Waals surface area (Å²) in [7, 11) is 4.01. The number of rotatable bonds is 7. The highest BCUT2D eigenvalue weighted by atomic mass is 16.5. The highest BCUT2D eigenvalue weighted by Crippen LogP contribution is 2.15. The Morgan fingerprint density at radius 2 is 1.52 bits per heavy atom. The quantitative estimate of drug-likeness (QED) is 0.684. The molecular weight excluding hydrogens is 336 g/mol. The first kappa shape index (κ1) is 18.5. The van der Waals surface area contributed by atoms with Gasteiger partial charge in [-0.3, -0.25) is 4.79 Å². The predicted molar refractivity (Wildman–Crippen MR) is 109 cm³/mol. The summed E-state index contributed by atoms with van der Waals surface area (Å²) < 4.78 is 5.75. The van der Waals surface area contributed by atoms with E-state index in [0.29, 0.717) is 18.7 Å². The smallest absolute Gasteiger partial charge is 0.251 e. The molecule has 0 bridgehead atoms. The Bertz CT molecular complexity index is 857. The number of hydrogen-bond acceptors (Lipinski definition) is 3. The molecule has 0 aliphatic rings. The van der Waals surface area contributed by atoms with Crippen molar-refractivity contribution in [2.24, 2.45) is 0 Å². The van der Waals surface area contributed by atoms with E-state index in [9.17, 15) is 4.79 Å². The van der Waals surface area contributed by atoms with Crippen LogP contribution in [0.2, 0.25) is 0 Å². The monoisotopic (exact) mass is 360 g/mol. The Morgan fingerprint density at radius 3 is 2.15 bits per heavy atom. The number of benzene rings is 3. The number of carbonyl (C=O) groups is 1. The molecule has 4 nitrogen and oxygen atoms in total. The minimum Gasteiger partial charge on any atom is -0.489 e. The largest absolute Gasteiger partial charge is 0.489 e. The van der Waals surface area contributed by atoms with E-state index < -0.39 is 0 Å². The predicted octanol–water partition coefficient (Wildman–Crippen LogP) is 4.26. The molecule has 4 heteroatoms. The van der Waals surface area contributed by atoms with Crippen LogP contribution in [0.3, 0.4) is 0 Å². The summed E-state index contributed by atoms with van der Waals surface area (Å²) in [6, 6.07) is 25.3. The van der Waals surface area contributed by atoms with Crippen LogP contribution in [0.1, 0.15) is 21.5 Å². The summed E-state index contributed by atoms with van der Waals surface area (Å²) >= 11 is 0. The zero-order chi connectivity index (χ0) is 19.1. The molecule has 0 saturated heterocycles. The molecular formula is C23H24N2O2. The van der Waals surface area contributed by atoms with Crippen LogP contribution in [0, 0.1) is 0 Å². The third-order valence-electron chi connectivity index (χ3n) is 4.27. The van der Waals surface area contributed by atoms with Crippen molar-refractivity contribution in [1.82, 2.24) is 5.32 Å². The van der Waals surface area contributed by atoms with Gasteiger partial charge in [-0.05, 0) is 47.5 Å². The van der Waals surface area contributed by atoms with Crippen LogP contribution in [0.5, 0.6) is 5.75 Å². The van der Waals surface area contributed by atoms with Crippen molar-refractivity contribution in [3.05, 3.63) is 95.6 Å². The van der Waals surface area contributed by atoms with Gasteiger partial charge in [-0.15, -0.1) is 0 Å². The fourth-order valence-corrected chi connectivity index (χ4v) is 2.64. The van der Waals surface area contributed by atoms with Gasteiger partial charge in [0.25, 0.3) is 5.91 Å². The summed E-state index contributed by atoms with van der Waals surface area (Å²) in [6.45, 7) is 1.01. The summed E-state index contributed by atoms with van der Waals surface area (Å²) in [5.41, 5.74) is 3.93. The minimum atomic E-state index is -0.0960. The van der Waals surface area contributed by atoms with Crippen LogP contribution >= 0.6 is 0 Å². The molecule has 0 heterocycles. The van der Waals surface area contributed by atoms with Gasteiger partial charge < -0.3 is 15.0 Å². The third kappa shape index (κ3) is 5.35. The van der Waals surface area contributed by atoms with E-state index in [0.717, 1.165) is 22.6 Å². The third-order valence-corrected chi connectivity index (χ3v) is 4.27. The van der Waals surface area contributed by atoms with E-state index in [4.69, 9.17) is 4.74 Å². The lowest BCUT2D eigenvalue weighted by molar-refractivity contribution is 0.0951. The molecule has 0 spiro atoms. The number of anilines is 1. The van der Waals surface area contributed by atoms with Crippen LogP contribution in [0.15, 0.2) is 78.9 Å². The molecule has 0 atom stereocenters. The lowest BCUT2D eigenvalue weighted by Crippen LogP contribution is -2.22. The maximum absolute atomic E-state index is 12.3. The first-order chi connectivity index (χ1) is 13.1. The minimum absolute atomic E-state index is 0.0960. The number of nitrogens with one attached hydrogen (secondary N) is 1. The maximum atomic E-state index is 12.3. The Hall–Kier alpha value is -3.27. The lowest BCUT2D eigenvalue weighted by Gasteiger charge is -2.13. The van der Waals surface area contributed by atoms with Crippen molar-refractivity contribution in [2.75, 3.05) is 19.0 Å². The molecule has 3 aromatic rings. The number of ether oxygens (including phenoxy) is 1. The normalized spacial score (nSPS) is 10.3. The molecule has 3 aromatic carbocycles. The average molecular weight is 360 g/mol. The summed E-state index contributed by atoms with van der Waals surface area (Å²) in [5.74, 6) is 0.649. The fourth-order valence-electron chi connectivity index (χ4n) is 2.64. The highest BCUT2D eigenvalue weighted by Gasteiger charge is 2.06. The van der Waals surface area contributed by atoms with Gasteiger partial charge in [0.2, 0.25) is 0 Å². The Kier molecular flexibility index (Phi) is 6.10. The first-order valence-corrected chi connectivity index (χ1v) is 8.93. The topological polar surface area (TPSA) is 41.6 Å². The zero-order valence-corrected chi connectivity index (χ0v) is 15.7. The van der Waals surface area contributed by atoms with Crippen LogP contribution in [0.4, 0.5) is 5.69 Å². The van der Waals surface area contributed by atoms with Crippen LogP contribution in [-0.4, -0.2) is 20.0 Å². The number of nitrogens with zero attached hydrogens (tertiary/aromatic N) is 1. The van der Waals surface area contributed by atoms with Gasteiger partial charge in [-0.25, -0.2) is 0 Å². The van der Waals surface area contributed by atoms with Gasteiger partial charge in [0.05, 0.1) is 0 Å². The summed E-state index contributed by atoms with van der Waals surface area (Å²) in [6.07, 6.45) is 0. The summed E-state index contributed by atoms with van der Waals surface area (Å²) in [5, 5.41) is 2.95. The van der Waals surface area contributed by atoms with E-state index in [1.807, 2.05) is 85.7 Å². The molecule has 1 N–H and O–H groups in total. The van der Waals surface area contributed by atoms with E-state index in [1.54, 1.807) is 12.1 Å². The Balaban J connectivity index is 1.51. The van der Waals surface area contributed by atoms with Crippen molar-refractivity contribution >= 4 is 11.6 Å². The van der Waals surface area contributed by atoms with Crippen molar-refractivity contribution < 1.29 is 9.53 Å². The average Bonchev–Trinajstić information content (AvgIpc) is 2.72. The van der Waals surface area contributed by atoms with Gasteiger partial charge in [0, 0.05) is 31.9 Å². The standard InChI is InChI=1S/C23H24N2O2/c1-25(2)21-12-8-18(9-13-21)16-24-23(26)20-10-14-22(15-11-20)27-17-19-6-4-3-5-7-19/h3-15H,16-17H2,1-2H3,(H,24,26). The molecule has 0 aromatic heterocycles. The molecule has 1 amide bonds. The molecule has 3 rings (SSSR count). The second-order valence-corrected chi connectivity index (χ2v) is 6.54. The zero-order valence-electron chi connectivity index (χ0n) is 15.7. The molecule has 0 unspecified atom stereocenters. The molecule has 0 fully saturated rings. The highest BCUT2D eigenvalue weighted by molar-refractivity contribution is 5.94. The molecule has 0 radical (unpaired) electrons. The van der Waals surface area contributed by atoms with Crippen molar-refractivity contribution in [3.8, 4) is 5.75 Å². The number of carbonyl (C=O) groups excluding carboxylic acids is 1. The Morgan fingerprint density at radius 1 is 0.852 bits per heavy atom.